The van der Waals surface area contributed by atoms with Crippen LogP contribution in [0.1, 0.15) is 10.4 Å². The van der Waals surface area contributed by atoms with Crippen LogP contribution in [0.4, 0.5) is 0 Å². The molecule has 0 radical (unpaired) electrons. The molecule has 2 rings (SSSR count). The van der Waals surface area contributed by atoms with Crippen molar-refractivity contribution in [3.8, 4) is 0 Å². The van der Waals surface area contributed by atoms with Crippen molar-refractivity contribution in [2.45, 2.75) is 5.25 Å². The maximum Gasteiger partial charge on any atom is 0.320 e. The molecular formula is C15H17BrN2O4S. The first kappa shape index (κ1) is 17.8. The van der Waals surface area contributed by atoms with E-state index in [1.807, 2.05) is 0 Å². The van der Waals surface area contributed by atoms with E-state index in [1.54, 1.807) is 29.2 Å². The molecule has 1 fully saturated rings. The van der Waals surface area contributed by atoms with Crippen LogP contribution in [-0.2, 0) is 14.3 Å². The lowest BCUT2D eigenvalue weighted by Crippen LogP contribution is -2.48. The highest BCUT2D eigenvalue weighted by Crippen LogP contribution is 2.19. The zero-order valence-corrected chi connectivity index (χ0v) is 15.0. The van der Waals surface area contributed by atoms with Gasteiger partial charge < -0.3 is 15.0 Å². The molecule has 0 spiro atoms. The number of amides is 2. The topological polar surface area (TPSA) is 75.7 Å². The van der Waals surface area contributed by atoms with Crippen molar-refractivity contribution >= 4 is 45.5 Å². The van der Waals surface area contributed by atoms with Crippen LogP contribution in [0.25, 0.3) is 0 Å². The van der Waals surface area contributed by atoms with E-state index in [1.165, 1.54) is 18.9 Å². The number of methoxy groups -OCH3 is 1. The van der Waals surface area contributed by atoms with Crippen LogP contribution in [0.5, 0.6) is 0 Å². The molecule has 23 heavy (non-hydrogen) atoms. The second-order valence-corrected chi connectivity index (χ2v) is 7.14. The predicted molar refractivity (Wildman–Crippen MR) is 91.3 cm³/mol. The quantitative estimate of drug-likeness (QED) is 0.770. The van der Waals surface area contributed by atoms with E-state index in [4.69, 9.17) is 4.74 Å². The van der Waals surface area contributed by atoms with Gasteiger partial charge >= 0.3 is 5.97 Å². The Kier molecular flexibility index (Phi) is 6.47. The lowest BCUT2D eigenvalue weighted by Gasteiger charge is -2.31. The van der Waals surface area contributed by atoms with Crippen LogP contribution in [0.3, 0.4) is 0 Å². The second kappa shape index (κ2) is 8.35. The number of thioether (sulfide) groups is 1. The van der Waals surface area contributed by atoms with Gasteiger partial charge in [-0.05, 0) is 24.3 Å². The molecule has 1 aromatic carbocycles. The highest BCUT2D eigenvalue weighted by atomic mass is 79.9. The van der Waals surface area contributed by atoms with Crippen LogP contribution < -0.4 is 5.32 Å². The fraction of sp³-hybridized carbons (Fsp3) is 0.400. The molecule has 1 aliphatic heterocycles. The largest absolute Gasteiger partial charge is 0.468 e. The number of carbonyl (C=O) groups is 3. The van der Waals surface area contributed by atoms with Crippen molar-refractivity contribution in [1.82, 2.24) is 10.2 Å². The summed E-state index contributed by atoms with van der Waals surface area (Å²) in [4.78, 5) is 37.3. The first-order valence-corrected chi connectivity index (χ1v) is 8.86. The Labute approximate surface area is 147 Å². The Bertz CT molecular complexity index is 594. The van der Waals surface area contributed by atoms with Gasteiger partial charge in [0.2, 0.25) is 5.91 Å². The minimum Gasteiger partial charge on any atom is -0.468 e. The zero-order valence-electron chi connectivity index (χ0n) is 12.6. The summed E-state index contributed by atoms with van der Waals surface area (Å²) in [6.07, 6.45) is 0. The molecule has 6 nitrogen and oxygen atoms in total. The van der Waals surface area contributed by atoms with Gasteiger partial charge in [-0.2, -0.15) is 0 Å². The molecule has 1 atom stereocenters. The minimum absolute atomic E-state index is 0.0898. The SMILES string of the molecule is COC(=O)[C@@H]1CN(C(=O)CNC(=O)c2ccc(Br)cc2)CCS1. The Balaban J connectivity index is 1.85. The third-order valence-electron chi connectivity index (χ3n) is 3.39. The number of rotatable bonds is 4. The van der Waals surface area contributed by atoms with E-state index >= 15 is 0 Å². The van der Waals surface area contributed by atoms with Gasteiger partial charge in [-0.1, -0.05) is 15.9 Å². The maximum atomic E-state index is 12.2. The summed E-state index contributed by atoms with van der Waals surface area (Å²) in [6, 6.07) is 6.88. The van der Waals surface area contributed by atoms with E-state index < -0.39 is 0 Å². The molecule has 2 amide bonds. The zero-order chi connectivity index (χ0) is 16.8. The van der Waals surface area contributed by atoms with Gasteiger partial charge in [0.25, 0.3) is 5.91 Å². The van der Waals surface area contributed by atoms with Crippen molar-refractivity contribution in [3.63, 3.8) is 0 Å². The van der Waals surface area contributed by atoms with Gasteiger partial charge in [0.1, 0.15) is 5.25 Å². The van der Waals surface area contributed by atoms with Crippen molar-refractivity contribution in [2.75, 3.05) is 32.5 Å². The molecule has 1 heterocycles. The first-order valence-electron chi connectivity index (χ1n) is 7.02. The van der Waals surface area contributed by atoms with Crippen LogP contribution in [0.15, 0.2) is 28.7 Å². The average molecular weight is 401 g/mol. The Morgan fingerprint density at radius 3 is 2.70 bits per heavy atom. The molecule has 0 aliphatic carbocycles. The number of benzene rings is 1. The number of nitrogens with one attached hydrogen (secondary N) is 1. The predicted octanol–water partition coefficient (Wildman–Crippen LogP) is 1.30. The fourth-order valence-electron chi connectivity index (χ4n) is 2.12. The number of carbonyl (C=O) groups excluding carboxylic acids is 3. The molecule has 0 saturated carbocycles. The minimum atomic E-state index is -0.361. The second-order valence-electron chi connectivity index (χ2n) is 4.91. The number of nitrogens with zero attached hydrogens (tertiary/aromatic N) is 1. The Morgan fingerprint density at radius 1 is 1.35 bits per heavy atom. The summed E-state index contributed by atoms with van der Waals surface area (Å²) in [7, 11) is 1.34. The molecule has 124 valence electrons. The summed E-state index contributed by atoms with van der Waals surface area (Å²) in [6.45, 7) is 0.781. The lowest BCUT2D eigenvalue weighted by molar-refractivity contribution is -0.141. The standard InChI is InChI=1S/C15H17BrN2O4S/c1-22-15(21)12-9-18(6-7-23-12)13(19)8-17-14(20)10-2-4-11(16)5-3-10/h2-5,12H,6-9H2,1H3,(H,17,20)/t12-/m0/s1. The number of ether oxygens (including phenoxy) is 1. The molecular weight excluding hydrogens is 384 g/mol. The highest BCUT2D eigenvalue weighted by molar-refractivity contribution is 9.10. The molecule has 1 aliphatic rings. The number of halogens is 1. The van der Waals surface area contributed by atoms with Crippen molar-refractivity contribution < 1.29 is 19.1 Å². The van der Waals surface area contributed by atoms with Crippen LogP contribution in [0.2, 0.25) is 0 Å². The van der Waals surface area contributed by atoms with Crippen LogP contribution in [-0.4, -0.2) is 60.4 Å². The number of hydrogen-bond acceptors (Lipinski definition) is 5. The molecule has 1 N–H and O–H groups in total. The van der Waals surface area contributed by atoms with Crippen molar-refractivity contribution in [2.24, 2.45) is 0 Å². The normalized spacial score (nSPS) is 17.5. The van der Waals surface area contributed by atoms with E-state index in [0.717, 1.165) is 4.47 Å². The first-order chi connectivity index (χ1) is 11.0. The van der Waals surface area contributed by atoms with Gasteiger partial charge in [-0.25, -0.2) is 0 Å². The van der Waals surface area contributed by atoms with Crippen LogP contribution >= 0.6 is 27.7 Å². The van der Waals surface area contributed by atoms with Gasteiger partial charge in [-0.15, -0.1) is 11.8 Å². The summed E-state index contributed by atoms with van der Waals surface area (Å²) in [5.41, 5.74) is 0.489. The van der Waals surface area contributed by atoms with E-state index in [2.05, 4.69) is 21.2 Å². The molecule has 1 aromatic rings. The van der Waals surface area contributed by atoms with E-state index in [0.29, 0.717) is 24.4 Å². The fourth-order valence-corrected chi connectivity index (χ4v) is 3.51. The van der Waals surface area contributed by atoms with Crippen molar-refractivity contribution in [1.29, 1.82) is 0 Å². The van der Waals surface area contributed by atoms with Gasteiger partial charge in [0.15, 0.2) is 0 Å². The third-order valence-corrected chi connectivity index (χ3v) is 5.08. The molecule has 0 unspecified atom stereocenters. The molecule has 0 aromatic heterocycles. The lowest BCUT2D eigenvalue weighted by atomic mass is 10.2. The smallest absolute Gasteiger partial charge is 0.320 e. The van der Waals surface area contributed by atoms with Crippen LogP contribution in [0, 0.1) is 0 Å². The monoisotopic (exact) mass is 400 g/mol. The Hall–Kier alpha value is -1.54. The van der Waals surface area contributed by atoms with Gasteiger partial charge in [-0.3, -0.25) is 14.4 Å². The molecule has 0 bridgehead atoms. The highest BCUT2D eigenvalue weighted by Gasteiger charge is 2.29. The summed E-state index contributed by atoms with van der Waals surface area (Å²) in [5.74, 6) is -0.163. The number of hydrogen-bond donors (Lipinski definition) is 1. The summed E-state index contributed by atoms with van der Waals surface area (Å²) >= 11 is 4.78. The van der Waals surface area contributed by atoms with E-state index in [-0.39, 0.29) is 29.6 Å². The number of esters is 1. The average Bonchev–Trinajstić information content (AvgIpc) is 2.59. The van der Waals surface area contributed by atoms with Gasteiger partial charge in [0, 0.05) is 28.9 Å². The summed E-state index contributed by atoms with van der Waals surface area (Å²) < 4.78 is 5.59. The summed E-state index contributed by atoms with van der Waals surface area (Å²) in [5, 5.41) is 2.24. The van der Waals surface area contributed by atoms with Gasteiger partial charge in [0.05, 0.1) is 13.7 Å². The maximum absolute atomic E-state index is 12.2. The third kappa shape index (κ3) is 4.97. The molecule has 1 saturated heterocycles. The Morgan fingerprint density at radius 2 is 2.04 bits per heavy atom. The van der Waals surface area contributed by atoms with Crippen molar-refractivity contribution in [3.05, 3.63) is 34.3 Å². The van der Waals surface area contributed by atoms with E-state index in [9.17, 15) is 14.4 Å². The molecule has 8 heteroatoms.